The quantitative estimate of drug-likeness (QED) is 0.0373. The SMILES string of the molecule is CC/C=C\C/C=C\C/C=C\C/C=C\C/C=C\C/C=C\C/C=C\CCCCCCCCCCCCCCCC(=O)OC(CO)COC(=O)CCCCCCCCCCCCCCCCCCCCCCCCCCCCCCCCC. The molecular formula is C75H134O5. The molecule has 1 unspecified atom stereocenters. The van der Waals surface area contributed by atoms with Gasteiger partial charge in [0.1, 0.15) is 6.61 Å². The average Bonchev–Trinajstić information content (AvgIpc) is 3.46. The van der Waals surface area contributed by atoms with Gasteiger partial charge in [-0.2, -0.15) is 0 Å². The number of ether oxygens (including phenoxy) is 2. The molecule has 0 aromatic rings. The first kappa shape index (κ1) is 77.1. The van der Waals surface area contributed by atoms with Crippen LogP contribution in [0.5, 0.6) is 0 Å². The minimum atomic E-state index is -0.776. The number of hydrogen-bond donors (Lipinski definition) is 1. The Hall–Kier alpha value is -2.92. The molecular weight excluding hydrogens is 981 g/mol. The van der Waals surface area contributed by atoms with Gasteiger partial charge in [0.05, 0.1) is 6.61 Å². The van der Waals surface area contributed by atoms with Crippen molar-refractivity contribution in [2.45, 2.75) is 367 Å². The highest BCUT2D eigenvalue weighted by molar-refractivity contribution is 5.70. The molecule has 0 aliphatic rings. The minimum Gasteiger partial charge on any atom is -0.462 e. The molecule has 0 aromatic heterocycles. The highest BCUT2D eigenvalue weighted by Gasteiger charge is 2.16. The van der Waals surface area contributed by atoms with Crippen LogP contribution in [0.25, 0.3) is 0 Å². The molecule has 0 saturated carbocycles. The fourth-order valence-corrected chi connectivity index (χ4v) is 10.5. The number of aliphatic hydroxyl groups is 1. The molecule has 0 spiro atoms. The summed E-state index contributed by atoms with van der Waals surface area (Å²) in [6.45, 7) is 4.07. The molecule has 0 radical (unpaired) electrons. The zero-order chi connectivity index (χ0) is 57.6. The molecule has 0 fully saturated rings. The molecule has 5 heteroatoms. The van der Waals surface area contributed by atoms with Crippen LogP contribution in [-0.2, 0) is 19.1 Å². The largest absolute Gasteiger partial charge is 0.462 e. The van der Waals surface area contributed by atoms with Crippen molar-refractivity contribution in [2.24, 2.45) is 0 Å². The predicted molar refractivity (Wildman–Crippen MR) is 353 cm³/mol. The van der Waals surface area contributed by atoms with Crippen LogP contribution < -0.4 is 0 Å². The van der Waals surface area contributed by atoms with E-state index in [0.717, 1.165) is 83.5 Å². The summed E-state index contributed by atoms with van der Waals surface area (Å²) < 4.78 is 10.8. The molecule has 0 amide bonds. The zero-order valence-corrected chi connectivity index (χ0v) is 53.3. The Morgan fingerprint density at radius 2 is 0.537 bits per heavy atom. The van der Waals surface area contributed by atoms with Crippen molar-refractivity contribution < 1.29 is 24.2 Å². The van der Waals surface area contributed by atoms with E-state index in [-0.39, 0.29) is 25.2 Å². The molecule has 1 N–H and O–H groups in total. The molecule has 0 rings (SSSR count). The van der Waals surface area contributed by atoms with Gasteiger partial charge < -0.3 is 14.6 Å². The smallest absolute Gasteiger partial charge is 0.306 e. The Morgan fingerprint density at radius 1 is 0.300 bits per heavy atom. The first-order valence-corrected chi connectivity index (χ1v) is 35.1. The number of esters is 2. The van der Waals surface area contributed by atoms with E-state index in [1.54, 1.807) is 0 Å². The third-order valence-electron chi connectivity index (χ3n) is 15.7. The standard InChI is InChI=1S/C75H134O5/c1-3-5-7-9-11-13-15-17-19-21-23-25-27-29-31-33-35-36-37-38-40-42-44-46-48-50-52-54-56-58-60-62-64-66-68-70-75(78)80-73(71-76)72-79-74(77)69-67-65-63-61-59-57-55-53-51-49-47-45-43-41-39-34-32-30-28-26-24-22-20-18-16-14-12-10-8-6-4-2/h5,7,11,13,17,19,23,25,29,31,35-36,38,40,73,76H,3-4,6,8-10,12,14-16,18,20-22,24,26-28,30,32-34,37,39,41-72H2,1-2H3/b7-5-,13-11-,19-17-,25-23-,31-29-,36-35-,40-38-. The van der Waals surface area contributed by atoms with Gasteiger partial charge in [0.15, 0.2) is 6.10 Å². The second-order valence-corrected chi connectivity index (χ2v) is 23.6. The molecule has 464 valence electrons. The summed E-state index contributed by atoms with van der Waals surface area (Å²) in [4.78, 5) is 24.7. The second kappa shape index (κ2) is 70.3. The highest BCUT2D eigenvalue weighted by atomic mass is 16.6. The monoisotopic (exact) mass is 1120 g/mol. The number of carbonyl (C=O) groups excluding carboxylic acids is 2. The maximum absolute atomic E-state index is 12.4. The maximum atomic E-state index is 12.4. The minimum absolute atomic E-state index is 0.0644. The van der Waals surface area contributed by atoms with Gasteiger partial charge in [-0.3, -0.25) is 9.59 Å². The molecule has 0 bridgehead atoms. The summed E-state index contributed by atoms with van der Waals surface area (Å²) in [5.74, 6) is -0.576. The number of unbranched alkanes of at least 4 members (excludes halogenated alkanes) is 43. The summed E-state index contributed by atoms with van der Waals surface area (Å²) in [5.41, 5.74) is 0. The second-order valence-electron chi connectivity index (χ2n) is 23.6. The van der Waals surface area contributed by atoms with E-state index in [1.807, 2.05) is 0 Å². The molecule has 5 nitrogen and oxygen atoms in total. The molecule has 80 heavy (non-hydrogen) atoms. The number of rotatable bonds is 65. The lowest BCUT2D eigenvalue weighted by molar-refractivity contribution is -0.161. The van der Waals surface area contributed by atoms with Gasteiger partial charge >= 0.3 is 11.9 Å². The molecule has 1 atom stereocenters. The summed E-state index contributed by atoms with van der Waals surface area (Å²) >= 11 is 0. The number of carbonyl (C=O) groups is 2. The van der Waals surface area contributed by atoms with Crippen molar-refractivity contribution in [3.63, 3.8) is 0 Å². The Labute approximate surface area is 498 Å². The summed E-state index contributed by atoms with van der Waals surface area (Å²) in [6.07, 6.45) is 99.0. The zero-order valence-electron chi connectivity index (χ0n) is 53.3. The fourth-order valence-electron chi connectivity index (χ4n) is 10.5. The fraction of sp³-hybridized carbons (Fsp3) is 0.787. The third-order valence-corrected chi connectivity index (χ3v) is 15.7. The topological polar surface area (TPSA) is 72.8 Å². The van der Waals surface area contributed by atoms with Crippen LogP contribution in [0, 0.1) is 0 Å². The van der Waals surface area contributed by atoms with E-state index in [1.165, 1.54) is 250 Å². The van der Waals surface area contributed by atoms with Gasteiger partial charge in [-0.25, -0.2) is 0 Å². The van der Waals surface area contributed by atoms with Gasteiger partial charge in [-0.15, -0.1) is 0 Å². The molecule has 0 aliphatic carbocycles. The van der Waals surface area contributed by atoms with Crippen molar-refractivity contribution in [3.05, 3.63) is 85.1 Å². The van der Waals surface area contributed by atoms with E-state index < -0.39 is 6.10 Å². The summed E-state index contributed by atoms with van der Waals surface area (Å²) in [5, 5.41) is 9.70. The normalized spacial score (nSPS) is 12.7. The van der Waals surface area contributed by atoms with Crippen molar-refractivity contribution in [1.29, 1.82) is 0 Å². The van der Waals surface area contributed by atoms with E-state index in [9.17, 15) is 14.7 Å². The van der Waals surface area contributed by atoms with Crippen molar-refractivity contribution in [1.82, 2.24) is 0 Å². The Balaban J connectivity index is 3.44. The van der Waals surface area contributed by atoms with Crippen LogP contribution >= 0.6 is 0 Å². The van der Waals surface area contributed by atoms with E-state index in [2.05, 4.69) is 98.9 Å². The van der Waals surface area contributed by atoms with Crippen LogP contribution in [0.2, 0.25) is 0 Å². The van der Waals surface area contributed by atoms with E-state index >= 15 is 0 Å². The third kappa shape index (κ3) is 67.6. The van der Waals surface area contributed by atoms with Crippen LogP contribution in [0.3, 0.4) is 0 Å². The first-order chi connectivity index (χ1) is 39.6. The van der Waals surface area contributed by atoms with Gasteiger partial charge in [0, 0.05) is 12.8 Å². The predicted octanol–water partition coefficient (Wildman–Crippen LogP) is 24.4. The van der Waals surface area contributed by atoms with E-state index in [0.29, 0.717) is 12.8 Å². The highest BCUT2D eigenvalue weighted by Crippen LogP contribution is 2.19. The number of allylic oxidation sites excluding steroid dienone is 14. The maximum Gasteiger partial charge on any atom is 0.306 e. The lowest BCUT2D eigenvalue weighted by Gasteiger charge is -2.15. The summed E-state index contributed by atoms with van der Waals surface area (Å²) in [7, 11) is 0. The van der Waals surface area contributed by atoms with Gasteiger partial charge in [0.2, 0.25) is 0 Å². The van der Waals surface area contributed by atoms with Crippen molar-refractivity contribution in [2.75, 3.05) is 13.2 Å². The molecule has 0 saturated heterocycles. The van der Waals surface area contributed by atoms with Gasteiger partial charge in [-0.1, -0.05) is 362 Å². The first-order valence-electron chi connectivity index (χ1n) is 35.1. The van der Waals surface area contributed by atoms with Gasteiger partial charge in [0.25, 0.3) is 0 Å². The summed E-state index contributed by atoms with van der Waals surface area (Å²) in [6, 6.07) is 0. The Morgan fingerprint density at radius 3 is 0.812 bits per heavy atom. The number of aliphatic hydroxyl groups excluding tert-OH is 1. The average molecular weight is 1120 g/mol. The molecule has 0 aromatic carbocycles. The lowest BCUT2D eigenvalue weighted by atomic mass is 10.0. The number of hydrogen-bond acceptors (Lipinski definition) is 5. The van der Waals surface area contributed by atoms with Gasteiger partial charge in [-0.05, 0) is 70.6 Å². The van der Waals surface area contributed by atoms with Crippen LogP contribution in [0.15, 0.2) is 85.1 Å². The Bertz CT molecular complexity index is 1450. The van der Waals surface area contributed by atoms with Crippen LogP contribution in [-0.4, -0.2) is 36.4 Å². The molecule has 0 heterocycles. The van der Waals surface area contributed by atoms with Crippen LogP contribution in [0.1, 0.15) is 361 Å². The van der Waals surface area contributed by atoms with Crippen molar-refractivity contribution >= 4 is 11.9 Å². The van der Waals surface area contributed by atoms with E-state index in [4.69, 9.17) is 9.47 Å². The Kier molecular flexibility index (Phi) is 67.8. The van der Waals surface area contributed by atoms with Crippen LogP contribution in [0.4, 0.5) is 0 Å². The molecule has 0 aliphatic heterocycles. The lowest BCUT2D eigenvalue weighted by Crippen LogP contribution is -2.28. The van der Waals surface area contributed by atoms with Crippen molar-refractivity contribution in [3.8, 4) is 0 Å².